The molecule has 1 aliphatic rings. The predicted octanol–water partition coefficient (Wildman–Crippen LogP) is 1.65. The first-order valence-corrected chi connectivity index (χ1v) is 6.02. The molecule has 0 amide bonds. The lowest BCUT2D eigenvalue weighted by Gasteiger charge is -2.16. The number of benzene rings is 1. The molecule has 0 spiro atoms. The first kappa shape index (κ1) is 10.5. The standard InChI is InChI=1S/C13H16N4/c1-9-6-14-8-12(9)17-13-15-7-10-4-2-3-5-11(10)16-13/h2-5,7,9,12,14H,6,8H2,1H3,(H,15,16,17)/t9-,12-/m0/s1. The first-order chi connectivity index (χ1) is 8.33. The normalized spacial score (nSPS) is 24.1. The third-order valence-corrected chi connectivity index (χ3v) is 3.32. The smallest absolute Gasteiger partial charge is 0.223 e. The number of nitrogens with one attached hydrogen (secondary N) is 2. The summed E-state index contributed by atoms with van der Waals surface area (Å²) in [6.45, 7) is 4.28. The van der Waals surface area contributed by atoms with Crippen molar-refractivity contribution < 1.29 is 0 Å². The summed E-state index contributed by atoms with van der Waals surface area (Å²) in [7, 11) is 0. The lowest BCUT2D eigenvalue weighted by molar-refractivity contribution is 0.591. The van der Waals surface area contributed by atoms with Crippen LogP contribution in [0.4, 0.5) is 5.95 Å². The average molecular weight is 228 g/mol. The second-order valence-electron chi connectivity index (χ2n) is 4.64. The van der Waals surface area contributed by atoms with Crippen LogP contribution in [-0.2, 0) is 0 Å². The molecule has 2 heterocycles. The second kappa shape index (κ2) is 4.30. The highest BCUT2D eigenvalue weighted by atomic mass is 15.1. The zero-order valence-corrected chi connectivity index (χ0v) is 9.85. The van der Waals surface area contributed by atoms with Crippen molar-refractivity contribution in [3.63, 3.8) is 0 Å². The Hall–Kier alpha value is -1.68. The van der Waals surface area contributed by atoms with E-state index in [1.54, 1.807) is 0 Å². The summed E-state index contributed by atoms with van der Waals surface area (Å²) in [6.07, 6.45) is 1.87. The molecule has 2 N–H and O–H groups in total. The fourth-order valence-corrected chi connectivity index (χ4v) is 2.21. The molecule has 4 heteroatoms. The number of hydrogen-bond donors (Lipinski definition) is 2. The molecule has 1 saturated heterocycles. The van der Waals surface area contributed by atoms with Gasteiger partial charge in [-0.05, 0) is 18.5 Å². The van der Waals surface area contributed by atoms with Gasteiger partial charge in [-0.3, -0.25) is 0 Å². The van der Waals surface area contributed by atoms with Crippen LogP contribution in [0.25, 0.3) is 10.9 Å². The van der Waals surface area contributed by atoms with E-state index in [0.717, 1.165) is 29.9 Å². The molecule has 0 saturated carbocycles. The third kappa shape index (κ3) is 2.08. The molecule has 0 radical (unpaired) electrons. The van der Waals surface area contributed by atoms with E-state index < -0.39 is 0 Å². The lowest BCUT2D eigenvalue weighted by atomic mass is 10.1. The highest BCUT2D eigenvalue weighted by molar-refractivity contribution is 5.78. The van der Waals surface area contributed by atoms with Crippen molar-refractivity contribution in [2.24, 2.45) is 5.92 Å². The van der Waals surface area contributed by atoms with E-state index in [0.29, 0.717) is 12.0 Å². The number of hydrogen-bond acceptors (Lipinski definition) is 4. The number of anilines is 1. The van der Waals surface area contributed by atoms with Crippen molar-refractivity contribution in [1.29, 1.82) is 0 Å². The van der Waals surface area contributed by atoms with Crippen molar-refractivity contribution in [3.8, 4) is 0 Å². The van der Waals surface area contributed by atoms with Gasteiger partial charge in [0.25, 0.3) is 0 Å². The van der Waals surface area contributed by atoms with Crippen molar-refractivity contribution in [2.45, 2.75) is 13.0 Å². The summed E-state index contributed by atoms with van der Waals surface area (Å²) in [6, 6.07) is 8.47. The Balaban J connectivity index is 1.85. The predicted molar refractivity (Wildman–Crippen MR) is 69.0 cm³/mol. The molecule has 1 fully saturated rings. The molecule has 1 aromatic carbocycles. The summed E-state index contributed by atoms with van der Waals surface area (Å²) in [5.41, 5.74) is 0.989. The van der Waals surface area contributed by atoms with Crippen molar-refractivity contribution in [1.82, 2.24) is 15.3 Å². The second-order valence-corrected chi connectivity index (χ2v) is 4.64. The molecular formula is C13H16N4. The monoisotopic (exact) mass is 228 g/mol. The Morgan fingerprint density at radius 1 is 1.29 bits per heavy atom. The highest BCUT2D eigenvalue weighted by Crippen LogP contribution is 2.15. The van der Waals surface area contributed by atoms with Crippen LogP contribution < -0.4 is 10.6 Å². The van der Waals surface area contributed by atoms with Crippen LogP contribution in [0.5, 0.6) is 0 Å². The van der Waals surface area contributed by atoms with E-state index in [9.17, 15) is 0 Å². The van der Waals surface area contributed by atoms with E-state index in [4.69, 9.17) is 0 Å². The van der Waals surface area contributed by atoms with Gasteiger partial charge in [-0.25, -0.2) is 9.97 Å². The van der Waals surface area contributed by atoms with Gasteiger partial charge in [0.05, 0.1) is 5.52 Å². The van der Waals surface area contributed by atoms with Crippen LogP contribution in [-0.4, -0.2) is 29.1 Å². The largest absolute Gasteiger partial charge is 0.350 e. The maximum Gasteiger partial charge on any atom is 0.223 e. The molecule has 0 bridgehead atoms. The van der Waals surface area contributed by atoms with E-state index in [1.807, 2.05) is 30.5 Å². The Morgan fingerprint density at radius 2 is 2.18 bits per heavy atom. The molecule has 17 heavy (non-hydrogen) atoms. The molecular weight excluding hydrogens is 212 g/mol. The maximum atomic E-state index is 4.52. The minimum absolute atomic E-state index is 0.427. The Morgan fingerprint density at radius 3 is 3.00 bits per heavy atom. The zero-order valence-electron chi connectivity index (χ0n) is 9.85. The summed E-state index contributed by atoms with van der Waals surface area (Å²) in [5, 5.41) is 7.84. The van der Waals surface area contributed by atoms with Crippen LogP contribution in [0.2, 0.25) is 0 Å². The Bertz CT molecular complexity index is 526. The summed E-state index contributed by atoms with van der Waals surface area (Å²) >= 11 is 0. The van der Waals surface area contributed by atoms with Crippen molar-refractivity contribution in [3.05, 3.63) is 30.5 Å². The minimum atomic E-state index is 0.427. The van der Waals surface area contributed by atoms with E-state index in [-0.39, 0.29) is 0 Å². The van der Waals surface area contributed by atoms with Gasteiger partial charge < -0.3 is 10.6 Å². The molecule has 4 nitrogen and oxygen atoms in total. The molecule has 1 aliphatic heterocycles. The van der Waals surface area contributed by atoms with Crippen LogP contribution in [0.1, 0.15) is 6.92 Å². The highest BCUT2D eigenvalue weighted by Gasteiger charge is 2.23. The number of aromatic nitrogens is 2. The van der Waals surface area contributed by atoms with Gasteiger partial charge in [0.2, 0.25) is 5.95 Å². The van der Waals surface area contributed by atoms with E-state index in [2.05, 4.69) is 27.5 Å². The number of rotatable bonds is 2. The molecule has 2 atom stereocenters. The Labute approximate surface area is 100 Å². The fourth-order valence-electron chi connectivity index (χ4n) is 2.21. The maximum absolute atomic E-state index is 4.52. The molecule has 0 unspecified atom stereocenters. The Kier molecular flexibility index (Phi) is 2.65. The van der Waals surface area contributed by atoms with E-state index in [1.165, 1.54) is 0 Å². The quantitative estimate of drug-likeness (QED) is 0.820. The summed E-state index contributed by atoms with van der Waals surface area (Å²) < 4.78 is 0. The van der Waals surface area contributed by atoms with Gasteiger partial charge in [-0.15, -0.1) is 0 Å². The van der Waals surface area contributed by atoms with Gasteiger partial charge in [0, 0.05) is 24.2 Å². The zero-order chi connectivity index (χ0) is 11.7. The van der Waals surface area contributed by atoms with Crippen molar-refractivity contribution in [2.75, 3.05) is 18.4 Å². The fraction of sp³-hybridized carbons (Fsp3) is 0.385. The number of fused-ring (bicyclic) bond motifs is 1. The van der Waals surface area contributed by atoms with Gasteiger partial charge >= 0.3 is 0 Å². The summed E-state index contributed by atoms with van der Waals surface area (Å²) in [4.78, 5) is 8.88. The van der Waals surface area contributed by atoms with Gasteiger partial charge in [0.1, 0.15) is 0 Å². The number of nitrogens with zero attached hydrogens (tertiary/aromatic N) is 2. The molecule has 1 aromatic heterocycles. The van der Waals surface area contributed by atoms with Crippen LogP contribution in [0, 0.1) is 5.92 Å². The van der Waals surface area contributed by atoms with Crippen LogP contribution in [0.15, 0.2) is 30.5 Å². The minimum Gasteiger partial charge on any atom is -0.350 e. The topological polar surface area (TPSA) is 49.8 Å². The van der Waals surface area contributed by atoms with Crippen LogP contribution >= 0.6 is 0 Å². The third-order valence-electron chi connectivity index (χ3n) is 3.32. The average Bonchev–Trinajstić information content (AvgIpc) is 2.75. The lowest BCUT2D eigenvalue weighted by Crippen LogP contribution is -2.27. The van der Waals surface area contributed by atoms with E-state index >= 15 is 0 Å². The van der Waals surface area contributed by atoms with Gasteiger partial charge in [-0.2, -0.15) is 0 Å². The van der Waals surface area contributed by atoms with Crippen molar-refractivity contribution >= 4 is 16.9 Å². The van der Waals surface area contributed by atoms with Crippen LogP contribution in [0.3, 0.4) is 0 Å². The molecule has 2 aromatic rings. The van der Waals surface area contributed by atoms with Gasteiger partial charge in [0.15, 0.2) is 0 Å². The summed E-state index contributed by atoms with van der Waals surface area (Å²) in [5.74, 6) is 1.34. The number of para-hydroxylation sites is 1. The molecule has 0 aliphatic carbocycles. The van der Waals surface area contributed by atoms with Gasteiger partial charge in [-0.1, -0.05) is 25.1 Å². The SMILES string of the molecule is C[C@H]1CNC[C@@H]1Nc1ncc2ccccc2n1. The molecule has 88 valence electrons. The molecule has 3 rings (SSSR count). The first-order valence-electron chi connectivity index (χ1n) is 6.02.